The highest BCUT2D eigenvalue weighted by Gasteiger charge is 2.27. The molecule has 0 bridgehead atoms. The zero-order valence-corrected chi connectivity index (χ0v) is 14.3. The van der Waals surface area contributed by atoms with Crippen molar-refractivity contribution in [2.24, 2.45) is 4.99 Å². The molecule has 0 unspecified atom stereocenters. The highest BCUT2D eigenvalue weighted by Crippen LogP contribution is 2.17. The lowest BCUT2D eigenvalue weighted by Crippen LogP contribution is -2.45. The van der Waals surface area contributed by atoms with Crippen LogP contribution in [0, 0.1) is 5.41 Å². The van der Waals surface area contributed by atoms with E-state index in [1.54, 1.807) is 25.0 Å². The van der Waals surface area contributed by atoms with E-state index >= 15 is 0 Å². The van der Waals surface area contributed by atoms with Crippen molar-refractivity contribution in [1.82, 2.24) is 4.90 Å². The second kappa shape index (κ2) is 10.3. The van der Waals surface area contributed by atoms with Gasteiger partial charge in [0.25, 0.3) is 5.91 Å². The third-order valence-corrected chi connectivity index (χ3v) is 3.38. The average Bonchev–Trinajstić information content (AvgIpc) is 2.41. The van der Waals surface area contributed by atoms with E-state index in [0.29, 0.717) is 17.0 Å². The van der Waals surface area contributed by atoms with Crippen LogP contribution >= 0.6 is 11.8 Å². The molecule has 0 aromatic heterocycles. The predicted octanol–water partition coefficient (Wildman–Crippen LogP) is 4.00. The molecule has 120 valence electrons. The normalized spacial score (nSPS) is 10.9. The maximum atomic E-state index is 12.4. The lowest BCUT2D eigenvalue weighted by atomic mass is 10.1. The molecule has 0 radical (unpaired) electrons. The predicted molar refractivity (Wildman–Crippen MR) is 92.0 cm³/mol. The van der Waals surface area contributed by atoms with E-state index < -0.39 is 0 Å². The molecule has 0 aromatic carbocycles. The molecule has 4 nitrogen and oxygen atoms in total. The first-order valence-electron chi connectivity index (χ1n) is 6.66. The minimum atomic E-state index is -0.158. The van der Waals surface area contributed by atoms with Gasteiger partial charge in [0.05, 0.1) is 0 Å². The van der Waals surface area contributed by atoms with Crippen molar-refractivity contribution in [3.05, 3.63) is 24.3 Å². The van der Waals surface area contributed by atoms with Crippen molar-refractivity contribution in [3.63, 3.8) is 0 Å². The second-order valence-corrected chi connectivity index (χ2v) is 5.45. The van der Waals surface area contributed by atoms with E-state index in [1.807, 2.05) is 13.8 Å². The fourth-order valence-corrected chi connectivity index (χ4v) is 1.97. The minimum absolute atomic E-state index is 0. The number of amidine groups is 2. The number of amides is 1. The molecule has 21 heavy (non-hydrogen) atoms. The number of nitrogens with zero attached hydrogens (tertiary/aromatic N) is 2. The van der Waals surface area contributed by atoms with Crippen LogP contribution < -0.4 is 0 Å². The Hall–Kier alpha value is -1.43. The number of carbonyl (C=O) groups excluding carboxylic acids is 1. The van der Waals surface area contributed by atoms with Gasteiger partial charge in [-0.1, -0.05) is 38.8 Å². The first kappa shape index (κ1) is 21.9. The smallest absolute Gasteiger partial charge is 0.254 e. The Morgan fingerprint density at radius 1 is 1.24 bits per heavy atom. The van der Waals surface area contributed by atoms with Gasteiger partial charge in [-0.15, -0.1) is 0 Å². The SMILES string of the molecule is C=C(C)C(=O)N(/C(=N/C(=N)SC)C(=C)C)C(CC)CC.F. The van der Waals surface area contributed by atoms with Crippen LogP contribution in [0.15, 0.2) is 29.3 Å². The number of nitrogens with one attached hydrogen (secondary N) is 1. The Kier molecular flexibility index (Phi) is 10.7. The lowest BCUT2D eigenvalue weighted by molar-refractivity contribution is -0.125. The van der Waals surface area contributed by atoms with E-state index in [-0.39, 0.29) is 21.8 Å². The zero-order valence-electron chi connectivity index (χ0n) is 13.5. The molecule has 0 aliphatic heterocycles. The molecule has 0 saturated carbocycles. The van der Waals surface area contributed by atoms with Gasteiger partial charge in [0.15, 0.2) is 5.17 Å². The Morgan fingerprint density at radius 3 is 2.00 bits per heavy atom. The highest BCUT2D eigenvalue weighted by molar-refractivity contribution is 8.13. The van der Waals surface area contributed by atoms with Crippen LogP contribution in [0.5, 0.6) is 0 Å². The maximum Gasteiger partial charge on any atom is 0.254 e. The van der Waals surface area contributed by atoms with Crippen LogP contribution in [0.4, 0.5) is 4.70 Å². The largest absolute Gasteiger partial charge is 0.290 e. The minimum Gasteiger partial charge on any atom is -0.290 e. The van der Waals surface area contributed by atoms with Crippen molar-refractivity contribution in [3.8, 4) is 0 Å². The van der Waals surface area contributed by atoms with Crippen molar-refractivity contribution in [2.75, 3.05) is 6.26 Å². The van der Waals surface area contributed by atoms with E-state index in [0.717, 1.165) is 12.8 Å². The first-order valence-corrected chi connectivity index (χ1v) is 7.88. The topological polar surface area (TPSA) is 56.5 Å². The fraction of sp³-hybridized carbons (Fsp3) is 0.533. The van der Waals surface area contributed by atoms with Crippen molar-refractivity contribution >= 4 is 28.7 Å². The summed E-state index contributed by atoms with van der Waals surface area (Å²) in [5, 5.41) is 7.89. The molecule has 0 rings (SSSR count). The summed E-state index contributed by atoms with van der Waals surface area (Å²) in [6.45, 7) is 15.2. The van der Waals surface area contributed by atoms with E-state index in [1.165, 1.54) is 11.8 Å². The molecular weight excluding hydrogens is 289 g/mol. The summed E-state index contributed by atoms with van der Waals surface area (Å²) < 4.78 is 0. The standard InChI is InChI=1S/C15H25N3OS.FH/c1-8-12(9-2)18(14(19)11(5)6)13(10(3)4)17-15(16)20-7;/h12,16H,3,5,8-9H2,1-2,4,6-7H3;1H/b16-15?,17-13+;. The molecule has 0 aromatic rings. The summed E-state index contributed by atoms with van der Waals surface area (Å²) >= 11 is 1.23. The fourth-order valence-electron chi connectivity index (χ4n) is 1.79. The Bertz CT molecular complexity index is 442. The Morgan fingerprint density at radius 2 is 1.71 bits per heavy atom. The van der Waals surface area contributed by atoms with Gasteiger partial charge in [0, 0.05) is 11.6 Å². The molecule has 6 heteroatoms. The highest BCUT2D eigenvalue weighted by atomic mass is 32.2. The number of rotatable bonds is 5. The van der Waals surface area contributed by atoms with Gasteiger partial charge in [0.1, 0.15) is 5.84 Å². The average molecular weight is 315 g/mol. The molecule has 0 aliphatic rings. The summed E-state index contributed by atoms with van der Waals surface area (Å²) in [5.41, 5.74) is 1.13. The number of carbonyl (C=O) groups is 1. The van der Waals surface area contributed by atoms with Crippen LogP contribution in [0.1, 0.15) is 40.5 Å². The summed E-state index contributed by atoms with van der Waals surface area (Å²) in [7, 11) is 0. The second-order valence-electron chi connectivity index (χ2n) is 4.65. The van der Waals surface area contributed by atoms with E-state index in [4.69, 9.17) is 5.41 Å². The molecule has 0 fully saturated rings. The number of halogens is 1. The van der Waals surface area contributed by atoms with Gasteiger partial charge >= 0.3 is 0 Å². The Balaban J connectivity index is 0. The van der Waals surface area contributed by atoms with Gasteiger partial charge < -0.3 is 0 Å². The Labute approximate surface area is 131 Å². The van der Waals surface area contributed by atoms with E-state index in [2.05, 4.69) is 18.2 Å². The molecule has 1 amide bonds. The molecule has 0 atom stereocenters. The number of thioether (sulfide) groups is 1. The monoisotopic (exact) mass is 315 g/mol. The zero-order chi connectivity index (χ0) is 15.9. The van der Waals surface area contributed by atoms with Crippen LogP contribution in [-0.4, -0.2) is 34.1 Å². The van der Waals surface area contributed by atoms with Gasteiger partial charge in [0.2, 0.25) is 0 Å². The number of hydrogen-bond donors (Lipinski definition) is 1. The third-order valence-electron chi connectivity index (χ3n) is 2.90. The van der Waals surface area contributed by atoms with Crippen LogP contribution in [0.25, 0.3) is 0 Å². The molecule has 0 aliphatic carbocycles. The molecule has 0 heterocycles. The number of hydrogen-bond acceptors (Lipinski definition) is 3. The lowest BCUT2D eigenvalue weighted by Gasteiger charge is -2.32. The van der Waals surface area contributed by atoms with Crippen molar-refractivity contribution < 1.29 is 9.50 Å². The van der Waals surface area contributed by atoms with Gasteiger partial charge in [-0.2, -0.15) is 0 Å². The van der Waals surface area contributed by atoms with Gasteiger partial charge in [-0.3, -0.25) is 19.8 Å². The van der Waals surface area contributed by atoms with E-state index in [9.17, 15) is 4.79 Å². The third kappa shape index (κ3) is 6.25. The van der Waals surface area contributed by atoms with Crippen molar-refractivity contribution in [1.29, 1.82) is 5.41 Å². The summed E-state index contributed by atoms with van der Waals surface area (Å²) in [6, 6.07) is 0.0318. The molecule has 1 N–H and O–H groups in total. The molecule has 0 spiro atoms. The van der Waals surface area contributed by atoms with Gasteiger partial charge in [-0.05, 0) is 38.5 Å². The quantitative estimate of drug-likeness (QED) is 0.473. The summed E-state index contributed by atoms with van der Waals surface area (Å²) in [5.74, 6) is 0.306. The van der Waals surface area contributed by atoms with Crippen LogP contribution in [0.2, 0.25) is 0 Å². The molecule has 0 saturated heterocycles. The first-order chi connectivity index (χ1) is 9.29. The summed E-state index contributed by atoms with van der Waals surface area (Å²) in [4.78, 5) is 18.3. The summed E-state index contributed by atoms with van der Waals surface area (Å²) in [6.07, 6.45) is 3.41. The van der Waals surface area contributed by atoms with Crippen LogP contribution in [-0.2, 0) is 4.79 Å². The van der Waals surface area contributed by atoms with Gasteiger partial charge in [-0.25, -0.2) is 4.99 Å². The van der Waals surface area contributed by atoms with Crippen LogP contribution in [0.3, 0.4) is 0 Å². The molecular formula is C15H26FN3OS. The maximum absolute atomic E-state index is 12.4. The number of aliphatic imine (C=N–C) groups is 1. The van der Waals surface area contributed by atoms with Crippen molar-refractivity contribution in [2.45, 2.75) is 46.6 Å².